The van der Waals surface area contributed by atoms with Crippen molar-refractivity contribution in [2.24, 2.45) is 0 Å². The summed E-state index contributed by atoms with van der Waals surface area (Å²) in [6, 6.07) is 3.61. The van der Waals surface area contributed by atoms with Gasteiger partial charge < -0.3 is 15.2 Å². The highest BCUT2D eigenvalue weighted by molar-refractivity contribution is 6.02. The number of anilines is 1. The zero-order chi connectivity index (χ0) is 13.1. The molecule has 0 aliphatic carbocycles. The summed E-state index contributed by atoms with van der Waals surface area (Å²) in [6.07, 6.45) is 0.690. The summed E-state index contributed by atoms with van der Waals surface area (Å²) in [5.74, 6) is -2.58. The molecule has 1 heterocycles. The van der Waals surface area contributed by atoms with Crippen LogP contribution in [0, 0.1) is 5.82 Å². The number of ether oxygens (including phenoxy) is 1. The standard InChI is InChI=1S/C12H12FNO4/c13-8-4-1-3-7(12(16)17)10(8)14-11(15)9-5-2-6-18-9/h1,3-4,9H,2,5-6H2,(H,14,15)(H,16,17)/t9-/m1/s1. The van der Waals surface area contributed by atoms with Crippen molar-refractivity contribution < 1.29 is 23.8 Å². The van der Waals surface area contributed by atoms with E-state index in [-0.39, 0.29) is 11.3 Å². The Bertz CT molecular complexity index is 483. The topological polar surface area (TPSA) is 75.6 Å². The molecule has 0 aromatic heterocycles. The van der Waals surface area contributed by atoms with Crippen LogP contribution in [0.3, 0.4) is 0 Å². The number of nitrogens with one attached hydrogen (secondary N) is 1. The number of rotatable bonds is 3. The molecule has 2 rings (SSSR count). The number of amides is 1. The fourth-order valence-corrected chi connectivity index (χ4v) is 1.82. The van der Waals surface area contributed by atoms with Gasteiger partial charge in [-0.3, -0.25) is 4.79 Å². The third kappa shape index (κ3) is 2.48. The Morgan fingerprint density at radius 1 is 1.44 bits per heavy atom. The highest BCUT2D eigenvalue weighted by Crippen LogP contribution is 2.22. The molecule has 0 radical (unpaired) electrons. The summed E-state index contributed by atoms with van der Waals surface area (Å²) in [5.41, 5.74) is -0.591. The van der Waals surface area contributed by atoms with Crippen LogP contribution in [0.2, 0.25) is 0 Å². The van der Waals surface area contributed by atoms with Gasteiger partial charge in [0.1, 0.15) is 11.9 Å². The molecular formula is C12H12FNO4. The first-order chi connectivity index (χ1) is 8.59. The molecule has 1 aromatic rings. The largest absolute Gasteiger partial charge is 0.478 e. The number of carboxylic acid groups (broad SMARTS) is 1. The summed E-state index contributed by atoms with van der Waals surface area (Å²) in [6.45, 7) is 0.487. The maximum Gasteiger partial charge on any atom is 0.337 e. The molecule has 1 saturated heterocycles. The van der Waals surface area contributed by atoms with Gasteiger partial charge in [-0.15, -0.1) is 0 Å². The van der Waals surface area contributed by atoms with Gasteiger partial charge in [-0.2, -0.15) is 0 Å². The fourth-order valence-electron chi connectivity index (χ4n) is 1.82. The number of carboxylic acids is 1. The number of carbonyl (C=O) groups is 2. The van der Waals surface area contributed by atoms with Crippen LogP contribution in [0.15, 0.2) is 18.2 Å². The van der Waals surface area contributed by atoms with Crippen molar-refractivity contribution in [1.29, 1.82) is 0 Å². The summed E-state index contributed by atoms with van der Waals surface area (Å²) in [5, 5.41) is 11.2. The monoisotopic (exact) mass is 253 g/mol. The minimum atomic E-state index is -1.29. The third-order valence-electron chi connectivity index (χ3n) is 2.71. The molecular weight excluding hydrogens is 241 g/mol. The average molecular weight is 253 g/mol. The highest BCUT2D eigenvalue weighted by atomic mass is 19.1. The van der Waals surface area contributed by atoms with Crippen LogP contribution >= 0.6 is 0 Å². The molecule has 18 heavy (non-hydrogen) atoms. The minimum absolute atomic E-state index is 0.277. The first-order valence-corrected chi connectivity index (χ1v) is 5.54. The Balaban J connectivity index is 2.22. The first-order valence-electron chi connectivity index (χ1n) is 5.54. The number of halogens is 1. The second-order valence-electron chi connectivity index (χ2n) is 3.96. The fraction of sp³-hybridized carbons (Fsp3) is 0.333. The predicted octanol–water partition coefficient (Wildman–Crippen LogP) is 1.64. The lowest BCUT2D eigenvalue weighted by Gasteiger charge is -2.12. The second kappa shape index (κ2) is 5.14. The van der Waals surface area contributed by atoms with Crippen molar-refractivity contribution in [3.05, 3.63) is 29.6 Å². The number of benzene rings is 1. The van der Waals surface area contributed by atoms with E-state index in [0.717, 1.165) is 12.5 Å². The Hall–Kier alpha value is -1.95. The van der Waals surface area contributed by atoms with Gasteiger partial charge in [0.2, 0.25) is 0 Å². The van der Waals surface area contributed by atoms with Crippen molar-refractivity contribution in [2.45, 2.75) is 18.9 Å². The SMILES string of the molecule is O=C(O)c1cccc(F)c1NC(=O)[C@H]1CCCO1. The molecule has 1 aliphatic heterocycles. The van der Waals surface area contributed by atoms with Crippen LogP contribution in [0.5, 0.6) is 0 Å². The molecule has 0 bridgehead atoms. The summed E-state index contributed by atoms with van der Waals surface area (Å²) < 4.78 is 18.7. The Morgan fingerprint density at radius 3 is 2.83 bits per heavy atom. The second-order valence-corrected chi connectivity index (χ2v) is 3.96. The van der Waals surface area contributed by atoms with Crippen LogP contribution < -0.4 is 5.32 Å². The third-order valence-corrected chi connectivity index (χ3v) is 2.71. The molecule has 0 spiro atoms. The molecule has 1 aromatic carbocycles. The van der Waals surface area contributed by atoms with E-state index in [0.29, 0.717) is 13.0 Å². The van der Waals surface area contributed by atoms with E-state index in [9.17, 15) is 14.0 Å². The first kappa shape index (κ1) is 12.5. The van der Waals surface area contributed by atoms with Crippen LogP contribution in [-0.4, -0.2) is 29.7 Å². The Labute approximate surface area is 103 Å². The van der Waals surface area contributed by atoms with E-state index in [1.54, 1.807) is 0 Å². The Kier molecular flexibility index (Phi) is 3.57. The molecule has 1 fully saturated rings. The number of aromatic carboxylic acids is 1. The maximum absolute atomic E-state index is 13.5. The molecule has 5 nitrogen and oxygen atoms in total. The van der Waals surface area contributed by atoms with Crippen LogP contribution in [-0.2, 0) is 9.53 Å². The molecule has 2 N–H and O–H groups in total. The van der Waals surface area contributed by atoms with Crippen LogP contribution in [0.25, 0.3) is 0 Å². The lowest BCUT2D eigenvalue weighted by molar-refractivity contribution is -0.124. The zero-order valence-corrected chi connectivity index (χ0v) is 9.48. The predicted molar refractivity (Wildman–Crippen MR) is 61.0 cm³/mol. The minimum Gasteiger partial charge on any atom is -0.478 e. The maximum atomic E-state index is 13.5. The van der Waals surface area contributed by atoms with Crippen LogP contribution in [0.4, 0.5) is 10.1 Å². The van der Waals surface area contributed by atoms with Gasteiger partial charge in [0.05, 0.1) is 11.3 Å². The Morgan fingerprint density at radius 2 is 2.22 bits per heavy atom. The number of para-hydroxylation sites is 1. The molecule has 1 amide bonds. The van der Waals surface area contributed by atoms with Gasteiger partial charge in [-0.1, -0.05) is 6.07 Å². The zero-order valence-electron chi connectivity index (χ0n) is 9.48. The van der Waals surface area contributed by atoms with E-state index in [4.69, 9.17) is 9.84 Å². The van der Waals surface area contributed by atoms with Crippen molar-refractivity contribution in [1.82, 2.24) is 0 Å². The average Bonchev–Trinajstić information content (AvgIpc) is 2.85. The molecule has 0 unspecified atom stereocenters. The summed E-state index contributed by atoms with van der Waals surface area (Å²) >= 11 is 0. The highest BCUT2D eigenvalue weighted by Gasteiger charge is 2.26. The van der Waals surface area contributed by atoms with Gasteiger partial charge in [-0.25, -0.2) is 9.18 Å². The lowest BCUT2D eigenvalue weighted by Crippen LogP contribution is -2.28. The normalized spacial score (nSPS) is 18.6. The summed E-state index contributed by atoms with van der Waals surface area (Å²) in [7, 11) is 0. The summed E-state index contributed by atoms with van der Waals surface area (Å²) in [4.78, 5) is 22.7. The lowest BCUT2D eigenvalue weighted by atomic mass is 10.1. The van der Waals surface area contributed by atoms with Crippen molar-refractivity contribution in [2.75, 3.05) is 11.9 Å². The van der Waals surface area contributed by atoms with Crippen molar-refractivity contribution in [3.8, 4) is 0 Å². The van der Waals surface area contributed by atoms with E-state index in [1.165, 1.54) is 12.1 Å². The quantitative estimate of drug-likeness (QED) is 0.858. The molecule has 1 aliphatic rings. The van der Waals surface area contributed by atoms with E-state index < -0.39 is 23.8 Å². The van der Waals surface area contributed by atoms with E-state index in [2.05, 4.69) is 5.32 Å². The van der Waals surface area contributed by atoms with Gasteiger partial charge in [0, 0.05) is 6.61 Å². The molecule has 0 saturated carbocycles. The molecule has 1 atom stereocenters. The molecule has 6 heteroatoms. The van der Waals surface area contributed by atoms with Crippen molar-refractivity contribution >= 4 is 17.6 Å². The van der Waals surface area contributed by atoms with Gasteiger partial charge >= 0.3 is 5.97 Å². The van der Waals surface area contributed by atoms with Crippen molar-refractivity contribution in [3.63, 3.8) is 0 Å². The molecule has 96 valence electrons. The number of hydrogen-bond acceptors (Lipinski definition) is 3. The van der Waals surface area contributed by atoms with E-state index in [1.807, 2.05) is 0 Å². The van der Waals surface area contributed by atoms with E-state index >= 15 is 0 Å². The van der Waals surface area contributed by atoms with Gasteiger partial charge in [0.15, 0.2) is 0 Å². The number of hydrogen-bond donors (Lipinski definition) is 2. The number of carbonyl (C=O) groups excluding carboxylic acids is 1. The smallest absolute Gasteiger partial charge is 0.337 e. The van der Waals surface area contributed by atoms with Gasteiger partial charge in [-0.05, 0) is 25.0 Å². The van der Waals surface area contributed by atoms with Gasteiger partial charge in [0.25, 0.3) is 5.91 Å². The van der Waals surface area contributed by atoms with Crippen LogP contribution in [0.1, 0.15) is 23.2 Å².